The predicted molar refractivity (Wildman–Crippen MR) is 338 cm³/mol. The standard InChI is InChI=1S/C62H104N14O15/c1-13-33(7)47(73-54(82)41(66-12)29-38-22-18-17-19-23-38)58(86)70-43(30-77)56(84)67-40(26-27-46(65)79)53(81)72-49(35(9)15-3)60(88)74-48(34(8)14-2)59(87)71-44(31-78)57(85)76-51-37(11)91-62(90)50(36(10)16-4)75-55(83)42(28-32(5)6)69-52(80)39(68-61(51)89)24-20-21-25-45(63)64/h17-19,22-23,32-37,39-44,47-51,66,77-78H,13-16,20-21,24-31H2,1-12H3,(H3,63,64)(H2,65,79)(H,67,84)(H,68,89)(H,69,80)(H,70,86)(H,71,87)(H,72,81)(H,73,82)(H,74,88)(H,75,83)(H,76,85)/t33-,34-,35+,36-,37-,39-,40+,41+,42-,43-,44-,47-,48-,49+,50-,51+/m0/s1. The van der Waals surface area contributed by atoms with Gasteiger partial charge in [0, 0.05) is 12.8 Å². The number of nitrogens with one attached hydrogen (secondary N) is 12. The van der Waals surface area contributed by atoms with E-state index in [1.807, 2.05) is 44.2 Å². The van der Waals surface area contributed by atoms with Crippen molar-refractivity contribution in [2.75, 3.05) is 20.3 Å². The third-order valence-electron chi connectivity index (χ3n) is 16.5. The van der Waals surface area contributed by atoms with Crippen molar-refractivity contribution in [3.05, 3.63) is 35.9 Å². The van der Waals surface area contributed by atoms with E-state index < -0.39 is 193 Å². The molecule has 1 fully saturated rings. The van der Waals surface area contributed by atoms with Crippen LogP contribution >= 0.6 is 0 Å². The molecule has 0 saturated carbocycles. The average Bonchev–Trinajstić information content (AvgIpc) is 1.89. The molecule has 1 aromatic rings. The number of esters is 1. The molecule has 1 aliphatic rings. The molecular weight excluding hydrogens is 1180 g/mol. The highest BCUT2D eigenvalue weighted by atomic mass is 16.5. The molecule has 0 aliphatic carbocycles. The van der Waals surface area contributed by atoms with Gasteiger partial charge in [-0.25, -0.2) is 4.79 Å². The molecule has 0 radical (unpaired) electrons. The number of primary amides is 1. The lowest BCUT2D eigenvalue weighted by Gasteiger charge is -2.31. The number of nitrogens with two attached hydrogens (primary N) is 2. The first-order chi connectivity index (χ1) is 42.9. The summed E-state index contributed by atoms with van der Waals surface area (Å²) in [5.41, 5.74) is 11.9. The van der Waals surface area contributed by atoms with Gasteiger partial charge in [-0.2, -0.15) is 0 Å². The summed E-state index contributed by atoms with van der Waals surface area (Å²) < 4.78 is 5.79. The minimum absolute atomic E-state index is 0.0127. The van der Waals surface area contributed by atoms with Gasteiger partial charge in [0.2, 0.25) is 65.0 Å². The molecule has 0 unspecified atom stereocenters. The zero-order chi connectivity index (χ0) is 68.8. The van der Waals surface area contributed by atoms with Gasteiger partial charge >= 0.3 is 5.97 Å². The van der Waals surface area contributed by atoms with Crippen LogP contribution in [0.4, 0.5) is 0 Å². The lowest BCUT2D eigenvalue weighted by molar-refractivity contribution is -0.157. The number of carbonyl (C=O) groups is 12. The summed E-state index contributed by atoms with van der Waals surface area (Å²) in [4.78, 5) is 167. The summed E-state index contributed by atoms with van der Waals surface area (Å²) in [7, 11) is 1.60. The highest BCUT2D eigenvalue weighted by Gasteiger charge is 2.41. The SMILES string of the molecule is CC[C@@H](C)[C@@H](NC(=O)[C@@H](CCC(N)=O)NC(=O)[C@H](CO)NC(=O)[C@@H](NC(=O)[C@@H](Cc1ccccc1)NC)[C@@H](C)CC)C(=O)N[C@H](C(=O)N[C@@H](CO)C(=O)N[C@H]1C(=O)N[C@@H](CCCCC(=N)N)C(=O)N[C@@H](CC(C)C)C(=O)N[C@@H]([C@@H](C)CC)C(=O)O[C@H]1C)[C@@H](C)CC. The number of cyclic esters (lactones) is 1. The smallest absolute Gasteiger partial charge is 0.329 e. The topological polar surface area (TPSA) is 463 Å². The fourth-order valence-electron chi connectivity index (χ4n) is 9.84. The molecule has 91 heavy (non-hydrogen) atoms. The van der Waals surface area contributed by atoms with Crippen LogP contribution in [0.25, 0.3) is 0 Å². The van der Waals surface area contributed by atoms with E-state index in [4.69, 9.17) is 21.6 Å². The molecule has 0 bridgehead atoms. The van der Waals surface area contributed by atoms with Crippen molar-refractivity contribution in [1.29, 1.82) is 5.41 Å². The van der Waals surface area contributed by atoms with E-state index >= 15 is 0 Å². The second-order valence-electron chi connectivity index (χ2n) is 24.2. The zero-order valence-corrected chi connectivity index (χ0v) is 55.0. The number of aliphatic hydroxyl groups is 2. The molecule has 16 atom stereocenters. The van der Waals surface area contributed by atoms with Gasteiger partial charge in [-0.1, -0.05) is 132 Å². The Balaban J connectivity index is 2.48. The van der Waals surface area contributed by atoms with Gasteiger partial charge < -0.3 is 84.9 Å². The lowest BCUT2D eigenvalue weighted by atomic mass is 9.94. The highest BCUT2D eigenvalue weighted by molar-refractivity contribution is 5.99. The molecule has 29 nitrogen and oxygen atoms in total. The Morgan fingerprint density at radius 2 is 1.04 bits per heavy atom. The van der Waals surface area contributed by atoms with Crippen LogP contribution in [0.1, 0.15) is 152 Å². The number of ether oxygens (including phenoxy) is 1. The van der Waals surface area contributed by atoms with Crippen molar-refractivity contribution in [2.24, 2.45) is 41.1 Å². The number of hydrogen-bond donors (Lipinski definition) is 16. The minimum atomic E-state index is -1.84. The first-order valence-corrected chi connectivity index (χ1v) is 31.7. The van der Waals surface area contributed by atoms with Gasteiger partial charge in [0.05, 0.1) is 25.1 Å². The van der Waals surface area contributed by atoms with Crippen molar-refractivity contribution in [2.45, 2.75) is 226 Å². The summed E-state index contributed by atoms with van der Waals surface area (Å²) in [6, 6.07) is -6.32. The number of unbranched alkanes of at least 4 members (excludes halogenated alkanes) is 1. The van der Waals surface area contributed by atoms with Gasteiger partial charge in [0.15, 0.2) is 0 Å². The number of benzene rings is 1. The van der Waals surface area contributed by atoms with E-state index in [0.717, 1.165) is 5.56 Å². The minimum Gasteiger partial charge on any atom is -0.458 e. The van der Waals surface area contributed by atoms with Gasteiger partial charge in [0.25, 0.3) is 0 Å². The van der Waals surface area contributed by atoms with Crippen LogP contribution in [-0.4, -0.2) is 180 Å². The van der Waals surface area contributed by atoms with Gasteiger partial charge in [0.1, 0.15) is 66.5 Å². The Morgan fingerprint density at radius 1 is 0.582 bits per heavy atom. The average molecular weight is 1290 g/mol. The third-order valence-corrected chi connectivity index (χ3v) is 16.5. The van der Waals surface area contributed by atoms with E-state index in [-0.39, 0.29) is 50.3 Å². The monoisotopic (exact) mass is 1280 g/mol. The lowest BCUT2D eigenvalue weighted by Crippen LogP contribution is -2.63. The summed E-state index contributed by atoms with van der Waals surface area (Å²) in [6.07, 6.45) is 0.195. The van der Waals surface area contributed by atoms with E-state index in [1.165, 1.54) is 6.92 Å². The number of likely N-dealkylation sites (N-methyl/N-ethyl adjacent to an activating group) is 1. The van der Waals surface area contributed by atoms with Crippen molar-refractivity contribution >= 4 is 76.8 Å². The summed E-state index contributed by atoms with van der Waals surface area (Å²) in [6.45, 7) is 16.5. The molecular formula is C62H104N14O15. The third kappa shape index (κ3) is 26.2. The van der Waals surface area contributed by atoms with Crippen molar-refractivity contribution in [3.8, 4) is 0 Å². The summed E-state index contributed by atoms with van der Waals surface area (Å²) in [5, 5.41) is 57.5. The molecule has 0 aromatic heterocycles. The maximum Gasteiger partial charge on any atom is 0.329 e. The van der Waals surface area contributed by atoms with Crippen molar-refractivity contribution in [3.63, 3.8) is 0 Å². The second kappa shape index (κ2) is 40.1. The maximum absolute atomic E-state index is 14.5. The normalized spacial score (nSPS) is 20.8. The molecule has 18 N–H and O–H groups in total. The second-order valence-corrected chi connectivity index (χ2v) is 24.2. The molecule has 29 heteroatoms. The Hall–Kier alpha value is -7.79. The number of rotatable bonds is 37. The fraction of sp³-hybridized carbons (Fsp3) is 0.694. The zero-order valence-electron chi connectivity index (χ0n) is 55.0. The Labute approximate surface area is 534 Å². The van der Waals surface area contributed by atoms with Crippen LogP contribution in [0.5, 0.6) is 0 Å². The summed E-state index contributed by atoms with van der Waals surface area (Å²) in [5.74, 6) is -13.3. The van der Waals surface area contributed by atoms with E-state index in [1.54, 1.807) is 62.4 Å². The fourth-order valence-corrected chi connectivity index (χ4v) is 9.84. The van der Waals surface area contributed by atoms with Crippen LogP contribution in [0, 0.1) is 35.0 Å². The molecule has 11 amide bonds. The Kier molecular flexibility index (Phi) is 35.0. The molecule has 512 valence electrons. The number of amides is 11. The van der Waals surface area contributed by atoms with Crippen LogP contribution in [0.15, 0.2) is 30.3 Å². The largest absolute Gasteiger partial charge is 0.458 e. The highest BCUT2D eigenvalue weighted by Crippen LogP contribution is 2.18. The van der Waals surface area contributed by atoms with Gasteiger partial charge in [-0.3, -0.25) is 58.1 Å². The number of hydrogen-bond acceptors (Lipinski definition) is 17. The van der Waals surface area contributed by atoms with E-state index in [9.17, 15) is 67.7 Å². The van der Waals surface area contributed by atoms with Crippen LogP contribution in [0.2, 0.25) is 0 Å². The first kappa shape index (κ1) is 79.3. The Bertz CT molecular complexity index is 2610. The van der Waals surface area contributed by atoms with E-state index in [2.05, 4.69) is 58.5 Å². The van der Waals surface area contributed by atoms with Crippen LogP contribution in [0.3, 0.4) is 0 Å². The molecule has 1 saturated heterocycles. The molecule has 0 spiro atoms. The van der Waals surface area contributed by atoms with Crippen molar-refractivity contribution in [1.82, 2.24) is 58.5 Å². The van der Waals surface area contributed by atoms with Crippen LogP contribution < -0.4 is 70.0 Å². The quantitative estimate of drug-likeness (QED) is 0.0157. The van der Waals surface area contributed by atoms with Crippen molar-refractivity contribution < 1.29 is 72.5 Å². The molecule has 1 aliphatic heterocycles. The molecule has 2 rings (SSSR count). The van der Waals surface area contributed by atoms with Crippen LogP contribution in [-0.2, 0) is 68.7 Å². The summed E-state index contributed by atoms with van der Waals surface area (Å²) >= 11 is 0. The number of carbonyl (C=O) groups excluding carboxylic acids is 12. The van der Waals surface area contributed by atoms with Gasteiger partial charge in [-0.15, -0.1) is 0 Å². The van der Waals surface area contributed by atoms with E-state index in [0.29, 0.717) is 25.7 Å². The first-order valence-electron chi connectivity index (χ1n) is 31.7. The number of amidine groups is 1. The Morgan fingerprint density at radius 3 is 1.52 bits per heavy atom. The molecule has 1 aromatic carbocycles. The van der Waals surface area contributed by atoms with Gasteiger partial charge in [-0.05, 0) is 81.2 Å². The maximum atomic E-state index is 14.5. The predicted octanol–water partition coefficient (Wildman–Crippen LogP) is -1.41. The molecule has 1 heterocycles. The number of aliphatic hydroxyl groups excluding tert-OH is 2.